The number of fused-ring (bicyclic) bond motifs is 2. The lowest BCUT2D eigenvalue weighted by atomic mass is 9.80. The first-order valence-electron chi connectivity index (χ1n) is 13.1. The van der Waals surface area contributed by atoms with Crippen molar-refractivity contribution in [1.82, 2.24) is 25.0 Å². The molecular weight excluding hydrogens is 486 g/mol. The summed E-state index contributed by atoms with van der Waals surface area (Å²) >= 11 is 0. The molecule has 194 valence electrons. The lowest BCUT2D eigenvalue weighted by molar-refractivity contribution is -0.136. The molecule has 7 rings (SSSR count). The first kappa shape index (κ1) is 22.9. The van der Waals surface area contributed by atoms with Crippen molar-refractivity contribution >= 4 is 46.2 Å². The Kier molecular flexibility index (Phi) is 5.04. The van der Waals surface area contributed by atoms with Gasteiger partial charge in [0.2, 0.25) is 11.8 Å². The number of amides is 4. The molecule has 0 radical (unpaired) electrons. The summed E-state index contributed by atoms with van der Waals surface area (Å²) in [5.41, 5.74) is 9.27. The Labute approximate surface area is 217 Å². The summed E-state index contributed by atoms with van der Waals surface area (Å²) in [6.07, 6.45) is 4.49. The minimum atomic E-state index is -0.966. The van der Waals surface area contributed by atoms with Gasteiger partial charge in [-0.3, -0.25) is 29.4 Å². The molecule has 4 N–H and O–H groups in total. The van der Waals surface area contributed by atoms with Gasteiger partial charge in [-0.15, -0.1) is 0 Å². The maximum atomic E-state index is 13.1. The van der Waals surface area contributed by atoms with Gasteiger partial charge in [0.15, 0.2) is 5.65 Å². The number of benzene rings is 1. The Morgan fingerprint density at radius 2 is 1.79 bits per heavy atom. The van der Waals surface area contributed by atoms with Crippen molar-refractivity contribution in [3.8, 4) is 0 Å². The second-order valence-electron chi connectivity index (χ2n) is 10.8. The number of rotatable bonds is 6. The number of nitrogen functional groups attached to an aromatic ring is 1. The highest BCUT2D eigenvalue weighted by Crippen LogP contribution is 2.45. The fraction of sp³-hybridized carbons (Fsp3) is 0.407. The Morgan fingerprint density at radius 1 is 1.00 bits per heavy atom. The second kappa shape index (κ2) is 8.37. The van der Waals surface area contributed by atoms with Gasteiger partial charge in [-0.2, -0.15) is 5.10 Å². The van der Waals surface area contributed by atoms with Gasteiger partial charge in [0, 0.05) is 30.0 Å². The second-order valence-corrected chi connectivity index (χ2v) is 10.8. The SMILES string of the molecule is Nc1ccc2c(C3CC3)nn([C@H]3C[C@H](CNc4ccc5c(c4)C(=O)N(C4CCC(=O)NC4=O)C5=O)C3)c2n1. The van der Waals surface area contributed by atoms with Gasteiger partial charge in [-0.1, -0.05) is 0 Å². The van der Waals surface area contributed by atoms with E-state index in [1.807, 2.05) is 12.1 Å². The number of pyridine rings is 1. The van der Waals surface area contributed by atoms with Crippen molar-refractivity contribution in [3.05, 3.63) is 47.2 Å². The largest absolute Gasteiger partial charge is 0.385 e. The van der Waals surface area contributed by atoms with Crippen LogP contribution in [0.15, 0.2) is 30.3 Å². The zero-order chi connectivity index (χ0) is 26.1. The van der Waals surface area contributed by atoms with Crippen LogP contribution in [0.1, 0.15) is 76.9 Å². The number of carbonyl (C=O) groups is 4. The molecule has 11 heteroatoms. The molecule has 0 spiro atoms. The normalized spacial score (nSPS) is 24.9. The topological polar surface area (TPSA) is 152 Å². The number of nitrogens with zero attached hydrogens (tertiary/aromatic N) is 4. The number of anilines is 2. The fourth-order valence-electron chi connectivity index (χ4n) is 5.88. The molecule has 2 aromatic heterocycles. The average molecular weight is 514 g/mol. The Hall–Kier alpha value is -4.28. The highest BCUT2D eigenvalue weighted by molar-refractivity contribution is 6.23. The molecule has 3 fully saturated rings. The van der Waals surface area contributed by atoms with Gasteiger partial charge in [0.25, 0.3) is 11.8 Å². The van der Waals surface area contributed by atoms with Crippen LogP contribution < -0.4 is 16.4 Å². The average Bonchev–Trinajstić information content (AvgIpc) is 3.61. The Morgan fingerprint density at radius 3 is 2.55 bits per heavy atom. The summed E-state index contributed by atoms with van der Waals surface area (Å²) < 4.78 is 2.05. The van der Waals surface area contributed by atoms with Crippen LogP contribution in [-0.2, 0) is 9.59 Å². The van der Waals surface area contributed by atoms with Crippen LogP contribution >= 0.6 is 0 Å². The number of hydrogen-bond donors (Lipinski definition) is 3. The summed E-state index contributed by atoms with van der Waals surface area (Å²) in [5, 5.41) is 11.7. The van der Waals surface area contributed by atoms with Gasteiger partial charge < -0.3 is 11.1 Å². The first-order valence-corrected chi connectivity index (χ1v) is 13.1. The third-order valence-electron chi connectivity index (χ3n) is 8.16. The van der Waals surface area contributed by atoms with Crippen molar-refractivity contribution in [3.63, 3.8) is 0 Å². The highest BCUT2D eigenvalue weighted by atomic mass is 16.2. The van der Waals surface area contributed by atoms with E-state index in [1.54, 1.807) is 18.2 Å². The molecule has 2 saturated carbocycles. The van der Waals surface area contributed by atoms with E-state index in [2.05, 4.69) is 20.3 Å². The molecule has 4 heterocycles. The Bertz CT molecular complexity index is 1540. The first-order chi connectivity index (χ1) is 18.4. The maximum absolute atomic E-state index is 13.1. The van der Waals surface area contributed by atoms with E-state index in [4.69, 9.17) is 10.8 Å². The molecule has 2 aliphatic carbocycles. The third-order valence-corrected chi connectivity index (χ3v) is 8.16. The van der Waals surface area contributed by atoms with E-state index in [0.717, 1.165) is 46.7 Å². The lowest BCUT2D eigenvalue weighted by Gasteiger charge is -2.35. The van der Waals surface area contributed by atoms with Crippen LogP contribution in [-0.4, -0.2) is 55.9 Å². The van der Waals surface area contributed by atoms with Crippen LogP contribution in [0.2, 0.25) is 0 Å². The number of nitrogens with two attached hydrogens (primary N) is 1. The van der Waals surface area contributed by atoms with Crippen LogP contribution in [0.3, 0.4) is 0 Å². The number of carbonyl (C=O) groups excluding carboxylic acids is 4. The molecular formula is C27H27N7O4. The number of piperidine rings is 1. The molecule has 1 unspecified atom stereocenters. The molecule has 2 aliphatic heterocycles. The van der Waals surface area contributed by atoms with E-state index < -0.39 is 29.7 Å². The van der Waals surface area contributed by atoms with Gasteiger partial charge in [0.1, 0.15) is 11.9 Å². The van der Waals surface area contributed by atoms with E-state index >= 15 is 0 Å². The summed E-state index contributed by atoms with van der Waals surface area (Å²) in [4.78, 5) is 55.3. The number of hydrogen-bond acceptors (Lipinski definition) is 8. The maximum Gasteiger partial charge on any atom is 0.262 e. The zero-order valence-corrected chi connectivity index (χ0v) is 20.6. The van der Waals surface area contributed by atoms with Gasteiger partial charge >= 0.3 is 0 Å². The summed E-state index contributed by atoms with van der Waals surface area (Å²) in [6, 6.07) is 8.26. The fourth-order valence-corrected chi connectivity index (χ4v) is 5.88. The van der Waals surface area contributed by atoms with Crippen molar-refractivity contribution in [2.75, 3.05) is 17.6 Å². The van der Waals surface area contributed by atoms with Crippen LogP contribution in [0.25, 0.3) is 11.0 Å². The van der Waals surface area contributed by atoms with Gasteiger partial charge in [-0.05, 0) is 68.4 Å². The molecule has 1 aromatic carbocycles. The molecule has 1 atom stereocenters. The summed E-state index contributed by atoms with van der Waals surface area (Å²) in [5.74, 6) is -0.552. The van der Waals surface area contributed by atoms with E-state index in [1.165, 1.54) is 12.8 Å². The van der Waals surface area contributed by atoms with Crippen LogP contribution in [0.5, 0.6) is 0 Å². The standard InChI is InChI=1S/C27H27N7O4/c28-21-7-5-18-23(14-1-2-14)32-34(24(18)30-21)16-9-13(10-16)12-29-15-3-4-17-19(11-15)27(38)33(26(17)37)20-6-8-22(35)31-25(20)36/h3-5,7,11,13-14,16,20,29H,1-2,6,8-10,12H2,(H2,28,30)(H,31,35,36)/t13-,16-,20?. The number of nitrogens with one attached hydrogen (secondary N) is 2. The predicted octanol–water partition coefficient (Wildman–Crippen LogP) is 2.36. The van der Waals surface area contributed by atoms with Crippen molar-refractivity contribution in [2.45, 2.75) is 56.5 Å². The monoisotopic (exact) mass is 513 g/mol. The third kappa shape index (κ3) is 3.64. The van der Waals surface area contributed by atoms with Crippen molar-refractivity contribution < 1.29 is 19.2 Å². The highest BCUT2D eigenvalue weighted by Gasteiger charge is 2.44. The van der Waals surface area contributed by atoms with E-state index in [9.17, 15) is 19.2 Å². The molecule has 38 heavy (non-hydrogen) atoms. The summed E-state index contributed by atoms with van der Waals surface area (Å²) in [7, 11) is 0. The lowest BCUT2D eigenvalue weighted by Crippen LogP contribution is -2.54. The molecule has 11 nitrogen and oxygen atoms in total. The molecule has 0 bridgehead atoms. The van der Waals surface area contributed by atoms with Gasteiger partial charge in [-0.25, -0.2) is 9.67 Å². The Balaban J connectivity index is 1.01. The molecule has 4 aliphatic rings. The van der Waals surface area contributed by atoms with Gasteiger partial charge in [0.05, 0.1) is 22.9 Å². The number of imide groups is 2. The minimum absolute atomic E-state index is 0.0959. The smallest absolute Gasteiger partial charge is 0.262 e. The minimum Gasteiger partial charge on any atom is -0.385 e. The molecule has 4 amide bonds. The predicted molar refractivity (Wildman–Crippen MR) is 137 cm³/mol. The molecule has 1 saturated heterocycles. The van der Waals surface area contributed by atoms with Crippen molar-refractivity contribution in [2.24, 2.45) is 5.92 Å². The quantitative estimate of drug-likeness (QED) is 0.425. The zero-order valence-electron chi connectivity index (χ0n) is 20.6. The molecule has 3 aromatic rings. The van der Waals surface area contributed by atoms with Crippen LogP contribution in [0, 0.1) is 5.92 Å². The van der Waals surface area contributed by atoms with Crippen molar-refractivity contribution in [1.29, 1.82) is 0 Å². The van der Waals surface area contributed by atoms with E-state index in [0.29, 0.717) is 17.7 Å². The van der Waals surface area contributed by atoms with E-state index in [-0.39, 0.29) is 30.0 Å². The van der Waals surface area contributed by atoms with Crippen LogP contribution in [0.4, 0.5) is 11.5 Å². The number of aromatic nitrogens is 3. The summed E-state index contributed by atoms with van der Waals surface area (Å²) in [6.45, 7) is 0.721.